The third-order valence-corrected chi connectivity index (χ3v) is 6.70. The molecule has 1 heterocycles. The molecule has 116 valence electrons. The molecule has 1 rings (SSSR count). The molecule has 1 fully saturated rings. The fourth-order valence-corrected chi connectivity index (χ4v) is 5.96. The number of methoxy groups -OCH3 is 1. The number of carbonyl (C=O) groups is 2. The molecule has 0 bridgehead atoms. The number of aliphatic carboxylic acids is 1. The first kappa shape index (κ1) is 16.9. The molecule has 0 aliphatic carbocycles. The average molecular weight is 329 g/mol. The van der Waals surface area contributed by atoms with E-state index < -0.39 is 55.3 Å². The van der Waals surface area contributed by atoms with E-state index in [-0.39, 0.29) is 12.2 Å². The Morgan fingerprint density at radius 2 is 2.05 bits per heavy atom. The van der Waals surface area contributed by atoms with Crippen molar-refractivity contribution in [1.29, 1.82) is 0 Å². The molecule has 0 aromatic heterocycles. The van der Waals surface area contributed by atoms with Gasteiger partial charge in [-0.25, -0.2) is 21.6 Å². The molecule has 1 aliphatic heterocycles. The van der Waals surface area contributed by atoms with Crippen LogP contribution in [0, 0.1) is 0 Å². The molecule has 11 heteroatoms. The van der Waals surface area contributed by atoms with E-state index in [2.05, 4.69) is 4.74 Å². The third-order valence-electron chi connectivity index (χ3n) is 2.83. The summed E-state index contributed by atoms with van der Waals surface area (Å²) in [5.41, 5.74) is 0. The summed E-state index contributed by atoms with van der Waals surface area (Å²) in [6.45, 7) is 0. The first-order chi connectivity index (χ1) is 9.07. The quantitative estimate of drug-likeness (QED) is 0.538. The van der Waals surface area contributed by atoms with Crippen LogP contribution in [0.5, 0.6) is 0 Å². The lowest BCUT2D eigenvalue weighted by Crippen LogP contribution is -2.46. The minimum absolute atomic E-state index is 0.0950. The van der Waals surface area contributed by atoms with Crippen LogP contribution in [0.3, 0.4) is 0 Å². The van der Waals surface area contributed by atoms with Gasteiger partial charge in [0.2, 0.25) is 10.0 Å². The number of hydrogen-bond acceptors (Lipinski definition) is 7. The van der Waals surface area contributed by atoms with Crippen molar-refractivity contribution < 1.29 is 36.3 Å². The van der Waals surface area contributed by atoms with Crippen molar-refractivity contribution in [1.82, 2.24) is 4.72 Å². The Kier molecular flexibility index (Phi) is 5.10. The lowest BCUT2D eigenvalue weighted by atomic mass is 10.2. The summed E-state index contributed by atoms with van der Waals surface area (Å²) in [5, 5.41) is 7.67. The normalized spacial score (nSPS) is 23.1. The number of carbonyl (C=O) groups excluding carboxylic acids is 1. The number of esters is 1. The van der Waals surface area contributed by atoms with Gasteiger partial charge in [-0.05, 0) is 6.42 Å². The van der Waals surface area contributed by atoms with Gasteiger partial charge in [0.1, 0.15) is 6.04 Å². The summed E-state index contributed by atoms with van der Waals surface area (Å²) in [6, 6.07) is -1.68. The van der Waals surface area contributed by atoms with E-state index in [9.17, 15) is 26.4 Å². The molecule has 0 spiro atoms. The van der Waals surface area contributed by atoms with E-state index in [1.165, 1.54) is 0 Å². The molecular weight excluding hydrogens is 314 g/mol. The van der Waals surface area contributed by atoms with Gasteiger partial charge in [0.05, 0.1) is 30.3 Å². The number of sulfone groups is 1. The molecule has 20 heavy (non-hydrogen) atoms. The molecule has 2 atom stereocenters. The minimum atomic E-state index is -4.15. The molecule has 1 aliphatic rings. The van der Waals surface area contributed by atoms with E-state index in [4.69, 9.17) is 5.11 Å². The van der Waals surface area contributed by atoms with E-state index in [1.807, 2.05) is 4.72 Å². The van der Waals surface area contributed by atoms with Gasteiger partial charge in [-0.3, -0.25) is 9.59 Å². The van der Waals surface area contributed by atoms with E-state index in [0.29, 0.717) is 0 Å². The largest absolute Gasteiger partial charge is 0.480 e. The minimum Gasteiger partial charge on any atom is -0.480 e. The third kappa shape index (κ3) is 4.42. The Balaban J connectivity index is 2.82. The molecule has 1 unspecified atom stereocenters. The highest BCUT2D eigenvalue weighted by Crippen LogP contribution is 2.18. The first-order valence-electron chi connectivity index (χ1n) is 5.58. The van der Waals surface area contributed by atoms with Gasteiger partial charge in [-0.15, -0.1) is 0 Å². The van der Waals surface area contributed by atoms with Crippen molar-refractivity contribution >= 4 is 31.8 Å². The highest BCUT2D eigenvalue weighted by Gasteiger charge is 2.39. The fraction of sp³-hybridized carbons (Fsp3) is 0.778. The number of sulfonamides is 1. The predicted molar refractivity (Wildman–Crippen MR) is 67.2 cm³/mol. The van der Waals surface area contributed by atoms with Crippen LogP contribution in [0.1, 0.15) is 12.8 Å². The molecule has 0 radical (unpaired) electrons. The van der Waals surface area contributed by atoms with E-state index in [0.717, 1.165) is 7.11 Å². The summed E-state index contributed by atoms with van der Waals surface area (Å²) < 4.78 is 52.4. The number of ether oxygens (including phenoxy) is 1. The molecule has 0 amide bonds. The van der Waals surface area contributed by atoms with Crippen LogP contribution in [0.4, 0.5) is 0 Å². The highest BCUT2D eigenvalue weighted by atomic mass is 32.2. The lowest BCUT2D eigenvalue weighted by molar-refractivity contribution is -0.147. The average Bonchev–Trinajstić information content (AvgIpc) is 2.69. The van der Waals surface area contributed by atoms with Gasteiger partial charge in [-0.2, -0.15) is 0 Å². The molecule has 0 aromatic rings. The first-order valence-corrected chi connectivity index (χ1v) is 8.95. The van der Waals surface area contributed by atoms with Crippen LogP contribution in [0.25, 0.3) is 0 Å². The smallest absolute Gasteiger partial charge is 0.322 e. The Morgan fingerprint density at radius 1 is 1.45 bits per heavy atom. The lowest BCUT2D eigenvalue weighted by Gasteiger charge is -2.16. The maximum absolute atomic E-state index is 11.9. The van der Waals surface area contributed by atoms with Crippen LogP contribution in [-0.2, 0) is 34.2 Å². The molecular formula is C9H15NO8S2. The van der Waals surface area contributed by atoms with Gasteiger partial charge in [-0.1, -0.05) is 0 Å². The van der Waals surface area contributed by atoms with Crippen LogP contribution in [0.15, 0.2) is 0 Å². The van der Waals surface area contributed by atoms with Gasteiger partial charge >= 0.3 is 11.9 Å². The maximum atomic E-state index is 11.9. The zero-order valence-corrected chi connectivity index (χ0v) is 12.2. The highest BCUT2D eigenvalue weighted by molar-refractivity contribution is 7.95. The monoisotopic (exact) mass is 329 g/mol. The predicted octanol–water partition coefficient (Wildman–Crippen LogP) is -1.89. The summed E-state index contributed by atoms with van der Waals surface area (Å²) in [5.74, 6) is -3.24. The zero-order chi connectivity index (χ0) is 15.6. The van der Waals surface area contributed by atoms with Crippen molar-refractivity contribution in [2.45, 2.75) is 24.1 Å². The van der Waals surface area contributed by atoms with Crippen LogP contribution in [0.2, 0.25) is 0 Å². The van der Waals surface area contributed by atoms with E-state index >= 15 is 0 Å². The van der Waals surface area contributed by atoms with E-state index in [1.54, 1.807) is 0 Å². The summed E-state index contributed by atoms with van der Waals surface area (Å²) >= 11 is 0. The van der Waals surface area contributed by atoms with Crippen molar-refractivity contribution in [3.8, 4) is 0 Å². The second kappa shape index (κ2) is 6.06. The van der Waals surface area contributed by atoms with Crippen molar-refractivity contribution in [2.75, 3.05) is 18.6 Å². The number of carboxylic acids is 1. The molecule has 2 N–H and O–H groups in total. The number of rotatable bonds is 6. The summed E-state index contributed by atoms with van der Waals surface area (Å²) in [6.07, 6.45) is -0.771. The van der Waals surface area contributed by atoms with Gasteiger partial charge in [0, 0.05) is 0 Å². The Hall–Kier alpha value is -1.20. The Bertz CT molecular complexity index is 593. The topological polar surface area (TPSA) is 144 Å². The van der Waals surface area contributed by atoms with Gasteiger partial charge in [0.15, 0.2) is 9.84 Å². The second-order valence-electron chi connectivity index (χ2n) is 4.36. The molecule has 9 nitrogen and oxygen atoms in total. The van der Waals surface area contributed by atoms with Crippen molar-refractivity contribution in [2.24, 2.45) is 0 Å². The fourth-order valence-electron chi connectivity index (χ4n) is 1.73. The molecule has 0 saturated carbocycles. The Morgan fingerprint density at radius 3 is 2.45 bits per heavy atom. The number of nitrogens with one attached hydrogen (secondary N) is 1. The SMILES string of the molecule is COC(=O)C[C@H](NS(=O)(=O)C1CCS(=O)(=O)C1)C(=O)O. The second-order valence-corrected chi connectivity index (χ2v) is 8.58. The zero-order valence-electron chi connectivity index (χ0n) is 10.6. The van der Waals surface area contributed by atoms with Crippen molar-refractivity contribution in [3.05, 3.63) is 0 Å². The molecule has 1 saturated heterocycles. The number of hydrogen-bond donors (Lipinski definition) is 2. The van der Waals surface area contributed by atoms with Gasteiger partial charge < -0.3 is 9.84 Å². The summed E-state index contributed by atoms with van der Waals surface area (Å²) in [7, 11) is -6.53. The van der Waals surface area contributed by atoms with Crippen LogP contribution in [-0.4, -0.2) is 63.8 Å². The number of carboxylic acid groups (broad SMARTS) is 1. The standard InChI is InChI=1S/C9H15NO8S2/c1-18-8(11)4-7(9(12)13)10-20(16,17)6-2-3-19(14,15)5-6/h6-7,10H,2-5H2,1H3,(H,12,13)/t6?,7-/m0/s1. The van der Waals surface area contributed by atoms with Crippen LogP contribution < -0.4 is 4.72 Å². The van der Waals surface area contributed by atoms with Gasteiger partial charge in [0.25, 0.3) is 0 Å². The Labute approximate surface area is 116 Å². The van der Waals surface area contributed by atoms with Crippen LogP contribution >= 0.6 is 0 Å². The van der Waals surface area contributed by atoms with Crippen molar-refractivity contribution in [3.63, 3.8) is 0 Å². The molecule has 0 aromatic carbocycles. The maximum Gasteiger partial charge on any atom is 0.322 e. The summed E-state index contributed by atoms with van der Waals surface area (Å²) in [4.78, 5) is 21.9.